The van der Waals surface area contributed by atoms with E-state index in [1.54, 1.807) is 11.3 Å². The number of aromatic nitrogens is 2. The maximum atomic E-state index is 9.80. The summed E-state index contributed by atoms with van der Waals surface area (Å²) in [6.45, 7) is 5.87. The van der Waals surface area contributed by atoms with Crippen molar-refractivity contribution in [3.05, 3.63) is 23.4 Å². The quantitative estimate of drug-likeness (QED) is 0.941. The zero-order valence-electron chi connectivity index (χ0n) is 12.4. The molecule has 114 valence electrons. The van der Waals surface area contributed by atoms with E-state index in [1.807, 2.05) is 24.4 Å². The van der Waals surface area contributed by atoms with E-state index in [1.165, 1.54) is 0 Å². The Bertz CT molecular complexity index is 567. The van der Waals surface area contributed by atoms with Gasteiger partial charge in [-0.2, -0.15) is 0 Å². The molecule has 0 amide bonds. The average molecular weight is 307 g/mol. The van der Waals surface area contributed by atoms with Crippen molar-refractivity contribution in [3.8, 4) is 10.8 Å². The van der Waals surface area contributed by atoms with Gasteiger partial charge >= 0.3 is 0 Å². The van der Waals surface area contributed by atoms with E-state index in [9.17, 15) is 5.11 Å². The summed E-state index contributed by atoms with van der Waals surface area (Å²) in [4.78, 5) is 3.33. The van der Waals surface area contributed by atoms with E-state index in [0.29, 0.717) is 17.7 Å². The summed E-state index contributed by atoms with van der Waals surface area (Å²) >= 11 is 1.60. The van der Waals surface area contributed by atoms with Gasteiger partial charge in [0.2, 0.25) is 5.89 Å². The van der Waals surface area contributed by atoms with E-state index < -0.39 is 0 Å². The minimum absolute atomic E-state index is 0.0905. The lowest BCUT2D eigenvalue weighted by atomic mass is 9.92. The number of hydrogen-bond donors (Lipinski definition) is 1. The van der Waals surface area contributed by atoms with Crippen molar-refractivity contribution in [1.29, 1.82) is 0 Å². The molecular weight excluding hydrogens is 286 g/mol. The monoisotopic (exact) mass is 307 g/mol. The van der Waals surface area contributed by atoms with Crippen LogP contribution in [0.2, 0.25) is 0 Å². The highest BCUT2D eigenvalue weighted by Crippen LogP contribution is 2.30. The lowest BCUT2D eigenvalue weighted by molar-refractivity contribution is 0.0417. The lowest BCUT2D eigenvalue weighted by Gasteiger charge is -2.36. The summed E-state index contributed by atoms with van der Waals surface area (Å²) in [7, 11) is 0. The van der Waals surface area contributed by atoms with E-state index >= 15 is 0 Å². The molecule has 21 heavy (non-hydrogen) atoms. The van der Waals surface area contributed by atoms with Gasteiger partial charge in [-0.25, -0.2) is 0 Å². The van der Waals surface area contributed by atoms with Gasteiger partial charge in [-0.1, -0.05) is 6.07 Å². The molecule has 0 radical (unpaired) electrons. The number of hydrogen-bond acceptors (Lipinski definition) is 6. The molecule has 1 N–H and O–H groups in total. The van der Waals surface area contributed by atoms with Gasteiger partial charge in [0, 0.05) is 6.54 Å². The van der Waals surface area contributed by atoms with Gasteiger partial charge in [0.25, 0.3) is 5.89 Å². The highest BCUT2D eigenvalue weighted by molar-refractivity contribution is 7.13. The lowest BCUT2D eigenvalue weighted by Crippen LogP contribution is -2.40. The van der Waals surface area contributed by atoms with Crippen LogP contribution in [0.25, 0.3) is 10.8 Å². The number of aliphatic hydroxyl groups is 1. The minimum Gasteiger partial charge on any atom is -0.418 e. The first kappa shape index (κ1) is 14.7. The smallest absolute Gasteiger partial charge is 0.257 e. The maximum absolute atomic E-state index is 9.80. The van der Waals surface area contributed by atoms with Crippen molar-refractivity contribution in [3.63, 3.8) is 0 Å². The molecule has 2 aromatic rings. The third kappa shape index (κ3) is 3.17. The summed E-state index contributed by atoms with van der Waals surface area (Å²) in [6, 6.07) is 4.05. The Balaban J connectivity index is 1.71. The van der Waals surface area contributed by atoms with Crippen molar-refractivity contribution in [1.82, 2.24) is 15.1 Å². The van der Waals surface area contributed by atoms with E-state index in [0.717, 1.165) is 30.8 Å². The molecule has 0 spiro atoms. The fraction of sp³-hybridized carbons (Fsp3) is 0.600. The molecule has 3 atom stereocenters. The summed E-state index contributed by atoms with van der Waals surface area (Å²) in [5, 5.41) is 20.1. The summed E-state index contributed by atoms with van der Waals surface area (Å²) in [5.74, 6) is 1.58. The Labute approximate surface area is 128 Å². The predicted molar refractivity (Wildman–Crippen MR) is 82.0 cm³/mol. The zero-order valence-corrected chi connectivity index (χ0v) is 13.2. The molecule has 5 nitrogen and oxygen atoms in total. The highest BCUT2D eigenvalue weighted by Gasteiger charge is 2.29. The predicted octanol–water partition coefficient (Wildman–Crippen LogP) is 2.95. The molecule has 1 aliphatic heterocycles. The first-order chi connectivity index (χ1) is 10.1. The molecule has 1 saturated heterocycles. The van der Waals surface area contributed by atoms with Gasteiger partial charge in [0.15, 0.2) is 0 Å². The minimum atomic E-state index is -0.260. The fourth-order valence-electron chi connectivity index (χ4n) is 2.85. The Morgan fingerprint density at radius 2 is 2.29 bits per heavy atom. The van der Waals surface area contributed by atoms with Gasteiger partial charge in [-0.05, 0) is 50.6 Å². The molecular formula is C15H21N3O2S. The molecule has 0 aromatic carbocycles. The molecule has 0 bridgehead atoms. The second-order valence-electron chi connectivity index (χ2n) is 5.74. The third-order valence-corrected chi connectivity index (χ3v) is 5.11. The Morgan fingerprint density at radius 3 is 3.00 bits per heavy atom. The second-order valence-corrected chi connectivity index (χ2v) is 6.68. The fourth-order valence-corrected chi connectivity index (χ4v) is 3.49. The molecule has 2 aromatic heterocycles. The summed E-state index contributed by atoms with van der Waals surface area (Å²) in [6.07, 6.45) is 1.93. The summed E-state index contributed by atoms with van der Waals surface area (Å²) in [5.41, 5.74) is 0. The number of rotatable bonds is 4. The van der Waals surface area contributed by atoms with Crippen LogP contribution < -0.4 is 0 Å². The van der Waals surface area contributed by atoms with Crippen LogP contribution in [0.3, 0.4) is 0 Å². The second kappa shape index (κ2) is 6.25. The van der Waals surface area contributed by atoms with Crippen molar-refractivity contribution in [2.24, 2.45) is 5.92 Å². The van der Waals surface area contributed by atoms with E-state index in [2.05, 4.69) is 22.0 Å². The summed E-state index contributed by atoms with van der Waals surface area (Å²) < 4.78 is 5.82. The normalized spacial score (nSPS) is 23.1. The standard InChI is InChI=1S/C15H21N3O2S/c1-10(18-7-3-5-12(9-18)11(2)19)14-16-17-15(20-14)13-6-4-8-21-13/h4,6,8,10-12,19H,3,5,7,9H2,1-2H3. The van der Waals surface area contributed by atoms with Crippen molar-refractivity contribution in [2.45, 2.75) is 38.8 Å². The van der Waals surface area contributed by atoms with Crippen LogP contribution in [0.1, 0.15) is 38.6 Å². The van der Waals surface area contributed by atoms with Gasteiger partial charge in [-0.3, -0.25) is 4.90 Å². The molecule has 6 heteroatoms. The Hall–Kier alpha value is -1.24. The number of thiophene rings is 1. The Morgan fingerprint density at radius 1 is 1.43 bits per heavy atom. The van der Waals surface area contributed by atoms with Crippen LogP contribution in [0, 0.1) is 5.92 Å². The van der Waals surface area contributed by atoms with Crippen LogP contribution in [-0.4, -0.2) is 39.4 Å². The van der Waals surface area contributed by atoms with Crippen LogP contribution in [0.4, 0.5) is 0 Å². The van der Waals surface area contributed by atoms with Crippen LogP contribution in [0.15, 0.2) is 21.9 Å². The molecule has 0 aliphatic carbocycles. The molecule has 1 fully saturated rings. The molecule has 3 rings (SSSR count). The maximum Gasteiger partial charge on any atom is 0.257 e. The van der Waals surface area contributed by atoms with Crippen molar-refractivity contribution < 1.29 is 9.52 Å². The molecule has 0 saturated carbocycles. The topological polar surface area (TPSA) is 62.4 Å². The SMILES string of the molecule is CC(O)C1CCCN(C(C)c2nnc(-c3cccs3)o2)C1. The van der Waals surface area contributed by atoms with Gasteiger partial charge in [-0.15, -0.1) is 21.5 Å². The Kier molecular flexibility index (Phi) is 4.37. The van der Waals surface area contributed by atoms with Gasteiger partial charge < -0.3 is 9.52 Å². The third-order valence-electron chi connectivity index (χ3n) is 4.25. The van der Waals surface area contributed by atoms with Crippen molar-refractivity contribution >= 4 is 11.3 Å². The number of nitrogens with zero attached hydrogens (tertiary/aromatic N) is 3. The average Bonchev–Trinajstić information content (AvgIpc) is 3.17. The largest absolute Gasteiger partial charge is 0.418 e. The number of likely N-dealkylation sites (tertiary alicyclic amines) is 1. The van der Waals surface area contributed by atoms with Gasteiger partial charge in [0.1, 0.15) is 0 Å². The highest BCUT2D eigenvalue weighted by atomic mass is 32.1. The number of piperidine rings is 1. The molecule has 3 unspecified atom stereocenters. The van der Waals surface area contributed by atoms with Crippen LogP contribution in [-0.2, 0) is 0 Å². The van der Waals surface area contributed by atoms with E-state index in [4.69, 9.17) is 4.42 Å². The van der Waals surface area contributed by atoms with Crippen molar-refractivity contribution in [2.75, 3.05) is 13.1 Å². The molecule has 3 heterocycles. The molecule has 1 aliphatic rings. The van der Waals surface area contributed by atoms with Gasteiger partial charge in [0.05, 0.1) is 17.0 Å². The number of aliphatic hydroxyl groups excluding tert-OH is 1. The van der Waals surface area contributed by atoms with Crippen LogP contribution in [0.5, 0.6) is 0 Å². The zero-order chi connectivity index (χ0) is 14.8. The van der Waals surface area contributed by atoms with Crippen LogP contribution >= 0.6 is 11.3 Å². The van der Waals surface area contributed by atoms with E-state index in [-0.39, 0.29) is 12.1 Å². The first-order valence-corrected chi connectivity index (χ1v) is 8.32. The first-order valence-electron chi connectivity index (χ1n) is 7.44.